The third kappa shape index (κ3) is 3.06. The molecule has 0 saturated heterocycles. The maximum absolute atomic E-state index is 5.95. The average Bonchev–Trinajstić information content (AvgIpc) is 2.29. The van der Waals surface area contributed by atoms with E-state index in [1.54, 1.807) is 6.20 Å². The summed E-state index contributed by atoms with van der Waals surface area (Å²) in [5.41, 5.74) is 0. The van der Waals surface area contributed by atoms with Gasteiger partial charge in [0.05, 0.1) is 6.20 Å². The molecule has 0 aliphatic heterocycles. The molecular formula is C11H16ClN3. The largest absolute Gasteiger partial charge is 0.368 e. The summed E-state index contributed by atoms with van der Waals surface area (Å²) in [4.78, 5) is 7.97. The molecule has 1 aromatic heterocycles. The zero-order chi connectivity index (χ0) is 10.5. The van der Waals surface area contributed by atoms with Gasteiger partial charge in [-0.2, -0.15) is 0 Å². The Balaban J connectivity index is 1.84. The molecule has 15 heavy (non-hydrogen) atoms. The Morgan fingerprint density at radius 3 is 2.87 bits per heavy atom. The zero-order valence-corrected chi connectivity index (χ0v) is 9.50. The first-order chi connectivity index (χ1) is 7.36. The average molecular weight is 226 g/mol. The fourth-order valence-electron chi connectivity index (χ4n) is 2.08. The normalized spacial score (nSPS) is 17.7. The van der Waals surface area contributed by atoms with Crippen LogP contribution in [0, 0.1) is 5.92 Å². The lowest BCUT2D eigenvalue weighted by Crippen LogP contribution is -2.17. The summed E-state index contributed by atoms with van der Waals surface area (Å²) < 4.78 is 0. The number of hydrogen-bond donors (Lipinski definition) is 1. The second kappa shape index (κ2) is 5.31. The zero-order valence-electron chi connectivity index (χ0n) is 8.75. The molecule has 0 spiro atoms. The third-order valence-corrected chi connectivity index (χ3v) is 3.23. The highest BCUT2D eigenvalue weighted by Gasteiger charge is 2.13. The van der Waals surface area contributed by atoms with Gasteiger partial charge in [-0.15, -0.1) is 0 Å². The SMILES string of the molecule is Clc1cncnc1NCC1CCCCC1. The summed E-state index contributed by atoms with van der Waals surface area (Å²) in [7, 11) is 0. The Bertz CT molecular complexity index is 310. The molecule has 1 aliphatic rings. The molecule has 1 fully saturated rings. The van der Waals surface area contributed by atoms with E-state index in [-0.39, 0.29) is 0 Å². The number of aromatic nitrogens is 2. The molecule has 1 saturated carbocycles. The second-order valence-electron chi connectivity index (χ2n) is 4.10. The van der Waals surface area contributed by atoms with Crippen molar-refractivity contribution in [2.45, 2.75) is 32.1 Å². The molecule has 1 heterocycles. The van der Waals surface area contributed by atoms with E-state index in [1.165, 1.54) is 38.4 Å². The van der Waals surface area contributed by atoms with Gasteiger partial charge in [-0.1, -0.05) is 30.9 Å². The predicted molar refractivity (Wildman–Crippen MR) is 62.1 cm³/mol. The molecule has 0 amide bonds. The Kier molecular flexibility index (Phi) is 3.78. The topological polar surface area (TPSA) is 37.8 Å². The fourth-order valence-corrected chi connectivity index (χ4v) is 2.25. The van der Waals surface area contributed by atoms with Gasteiger partial charge in [0, 0.05) is 6.54 Å². The first kappa shape index (κ1) is 10.7. The molecule has 0 aromatic carbocycles. The Morgan fingerprint density at radius 1 is 1.33 bits per heavy atom. The minimum atomic E-state index is 0.605. The number of nitrogens with one attached hydrogen (secondary N) is 1. The van der Waals surface area contributed by atoms with Crippen LogP contribution in [0.1, 0.15) is 32.1 Å². The van der Waals surface area contributed by atoms with E-state index in [4.69, 9.17) is 11.6 Å². The van der Waals surface area contributed by atoms with Gasteiger partial charge < -0.3 is 5.32 Å². The van der Waals surface area contributed by atoms with E-state index >= 15 is 0 Å². The van der Waals surface area contributed by atoms with E-state index in [2.05, 4.69) is 15.3 Å². The van der Waals surface area contributed by atoms with Crippen LogP contribution in [-0.4, -0.2) is 16.5 Å². The van der Waals surface area contributed by atoms with Crippen LogP contribution in [0.2, 0.25) is 5.02 Å². The Morgan fingerprint density at radius 2 is 2.13 bits per heavy atom. The number of hydrogen-bond acceptors (Lipinski definition) is 3. The summed E-state index contributed by atoms with van der Waals surface area (Å²) in [5.74, 6) is 1.54. The first-order valence-electron chi connectivity index (χ1n) is 5.55. The van der Waals surface area contributed by atoms with Gasteiger partial charge in [0.2, 0.25) is 0 Å². The van der Waals surface area contributed by atoms with Crippen molar-refractivity contribution in [1.29, 1.82) is 0 Å². The lowest BCUT2D eigenvalue weighted by molar-refractivity contribution is 0.373. The summed E-state index contributed by atoms with van der Waals surface area (Å²) in [6.45, 7) is 0.983. The summed E-state index contributed by atoms with van der Waals surface area (Å²) in [6.07, 6.45) is 9.93. The molecule has 0 atom stereocenters. The van der Waals surface area contributed by atoms with Crippen LogP contribution in [0.3, 0.4) is 0 Å². The highest BCUT2D eigenvalue weighted by atomic mass is 35.5. The highest BCUT2D eigenvalue weighted by Crippen LogP contribution is 2.24. The molecule has 82 valence electrons. The molecule has 1 N–H and O–H groups in total. The summed E-state index contributed by atoms with van der Waals surface area (Å²) in [5, 5.41) is 3.90. The molecule has 0 radical (unpaired) electrons. The van der Waals surface area contributed by atoms with Crippen LogP contribution in [0.25, 0.3) is 0 Å². The van der Waals surface area contributed by atoms with Gasteiger partial charge in [0.1, 0.15) is 17.2 Å². The standard InChI is InChI=1S/C11H16ClN3/c12-10-7-13-8-15-11(10)14-6-9-4-2-1-3-5-9/h7-9H,1-6H2,(H,13,14,15). The molecule has 2 rings (SSSR count). The van der Waals surface area contributed by atoms with Crippen molar-refractivity contribution in [2.75, 3.05) is 11.9 Å². The van der Waals surface area contributed by atoms with E-state index in [1.807, 2.05) is 0 Å². The van der Waals surface area contributed by atoms with Gasteiger partial charge in [0.25, 0.3) is 0 Å². The minimum Gasteiger partial charge on any atom is -0.368 e. The van der Waals surface area contributed by atoms with Crippen molar-refractivity contribution in [1.82, 2.24) is 9.97 Å². The third-order valence-electron chi connectivity index (χ3n) is 2.95. The second-order valence-corrected chi connectivity index (χ2v) is 4.51. The maximum Gasteiger partial charge on any atom is 0.148 e. The number of nitrogens with zero attached hydrogens (tertiary/aromatic N) is 2. The lowest BCUT2D eigenvalue weighted by atomic mass is 9.89. The van der Waals surface area contributed by atoms with Gasteiger partial charge >= 0.3 is 0 Å². The summed E-state index contributed by atoms with van der Waals surface area (Å²) >= 11 is 5.95. The van der Waals surface area contributed by atoms with Crippen molar-refractivity contribution in [3.63, 3.8) is 0 Å². The van der Waals surface area contributed by atoms with Gasteiger partial charge in [0.15, 0.2) is 0 Å². The van der Waals surface area contributed by atoms with Crippen molar-refractivity contribution in [3.8, 4) is 0 Å². The highest BCUT2D eigenvalue weighted by molar-refractivity contribution is 6.32. The summed E-state index contributed by atoms with van der Waals surface area (Å²) in [6, 6.07) is 0. The Labute approximate surface area is 95.3 Å². The van der Waals surface area contributed by atoms with Crippen molar-refractivity contribution >= 4 is 17.4 Å². The van der Waals surface area contributed by atoms with Crippen LogP contribution in [0.4, 0.5) is 5.82 Å². The lowest BCUT2D eigenvalue weighted by Gasteiger charge is -2.22. The molecule has 0 bridgehead atoms. The quantitative estimate of drug-likeness (QED) is 0.859. The molecule has 1 aliphatic carbocycles. The van der Waals surface area contributed by atoms with E-state index < -0.39 is 0 Å². The van der Waals surface area contributed by atoms with Crippen LogP contribution in [-0.2, 0) is 0 Å². The van der Waals surface area contributed by atoms with Crippen LogP contribution in [0.5, 0.6) is 0 Å². The molecule has 1 aromatic rings. The van der Waals surface area contributed by atoms with E-state index in [0.29, 0.717) is 5.02 Å². The predicted octanol–water partition coefficient (Wildman–Crippen LogP) is 3.12. The Hall–Kier alpha value is -0.830. The van der Waals surface area contributed by atoms with Gasteiger partial charge in [-0.05, 0) is 18.8 Å². The van der Waals surface area contributed by atoms with Crippen molar-refractivity contribution in [3.05, 3.63) is 17.5 Å². The van der Waals surface area contributed by atoms with Gasteiger partial charge in [-0.3, -0.25) is 0 Å². The van der Waals surface area contributed by atoms with E-state index in [9.17, 15) is 0 Å². The minimum absolute atomic E-state index is 0.605. The number of anilines is 1. The van der Waals surface area contributed by atoms with Crippen LogP contribution >= 0.6 is 11.6 Å². The first-order valence-corrected chi connectivity index (χ1v) is 5.93. The number of halogens is 1. The molecule has 3 nitrogen and oxygen atoms in total. The van der Waals surface area contributed by atoms with Crippen molar-refractivity contribution < 1.29 is 0 Å². The van der Waals surface area contributed by atoms with E-state index in [0.717, 1.165) is 18.3 Å². The molecule has 4 heteroatoms. The number of rotatable bonds is 3. The van der Waals surface area contributed by atoms with Crippen LogP contribution < -0.4 is 5.32 Å². The van der Waals surface area contributed by atoms with Crippen LogP contribution in [0.15, 0.2) is 12.5 Å². The molecular weight excluding hydrogens is 210 g/mol. The fraction of sp³-hybridized carbons (Fsp3) is 0.636. The smallest absolute Gasteiger partial charge is 0.148 e. The van der Waals surface area contributed by atoms with Crippen molar-refractivity contribution in [2.24, 2.45) is 5.92 Å². The van der Waals surface area contributed by atoms with Gasteiger partial charge in [-0.25, -0.2) is 9.97 Å². The molecule has 0 unspecified atom stereocenters. The maximum atomic E-state index is 5.95. The monoisotopic (exact) mass is 225 g/mol.